The van der Waals surface area contributed by atoms with Crippen LogP contribution in [0.15, 0.2) is 29.2 Å². The summed E-state index contributed by atoms with van der Waals surface area (Å²) < 4.78 is 95.1. The van der Waals surface area contributed by atoms with E-state index in [1.54, 1.807) is 0 Å². The first kappa shape index (κ1) is 36.7. The van der Waals surface area contributed by atoms with E-state index in [1.165, 1.54) is 6.92 Å². The van der Waals surface area contributed by atoms with Gasteiger partial charge in [0.2, 0.25) is 0 Å². The van der Waals surface area contributed by atoms with Gasteiger partial charge in [-0.3, -0.25) is 9.78 Å². The number of rotatable bonds is 6. The largest absolute Gasteiger partial charge is 0.455 e. The summed E-state index contributed by atoms with van der Waals surface area (Å²) in [7, 11) is -12.3. The van der Waals surface area contributed by atoms with Gasteiger partial charge < -0.3 is 18.6 Å². The molecule has 1 saturated heterocycles. The van der Waals surface area contributed by atoms with Crippen molar-refractivity contribution in [2.24, 2.45) is 5.41 Å². The van der Waals surface area contributed by atoms with E-state index in [4.69, 9.17) is 23.6 Å². The van der Waals surface area contributed by atoms with Crippen molar-refractivity contribution >= 4 is 24.5 Å². The molecule has 3 heterocycles. The number of pyridine rings is 1. The Morgan fingerprint density at radius 3 is 2.08 bits per heavy atom. The van der Waals surface area contributed by atoms with Gasteiger partial charge in [0.15, 0.2) is 8.32 Å². The van der Waals surface area contributed by atoms with Gasteiger partial charge in [-0.25, -0.2) is 0 Å². The lowest BCUT2D eigenvalue weighted by atomic mass is 9.68. The van der Waals surface area contributed by atoms with Crippen molar-refractivity contribution in [1.29, 1.82) is 0 Å². The van der Waals surface area contributed by atoms with Gasteiger partial charge in [-0.05, 0) is 73.5 Å². The normalized spacial score (nSPS) is 26.9. The molecule has 274 valence electrons. The van der Waals surface area contributed by atoms with Crippen molar-refractivity contribution in [3.05, 3.63) is 57.9 Å². The highest BCUT2D eigenvalue weighted by Crippen LogP contribution is 3.02. The van der Waals surface area contributed by atoms with E-state index in [2.05, 4.69) is 47.7 Å². The third-order valence-electron chi connectivity index (χ3n) is 11.6. The topological polar surface area (TPSA) is 66.9 Å². The van der Waals surface area contributed by atoms with Gasteiger partial charge in [0.05, 0.1) is 23.1 Å². The van der Waals surface area contributed by atoms with Crippen LogP contribution in [0.4, 0.5) is 19.4 Å². The van der Waals surface area contributed by atoms with Crippen molar-refractivity contribution < 1.29 is 42.9 Å². The molecular formula is C36H50F5NO5SSi. The van der Waals surface area contributed by atoms with Crippen LogP contribution >= 0.6 is 10.2 Å². The SMILES string of the molecule is CC(=O)OC1c2nc(C3CCOCC3)c3c(c2C(O[Si](C)(C)C(C)(C)C)CC1(C)C)C1(CCCC1)OC3c1ccc(S(F)(F)(F)(F)F)cc1. The Balaban J connectivity index is 1.65. The number of esters is 1. The molecule has 0 radical (unpaired) electrons. The van der Waals surface area contributed by atoms with E-state index in [1.807, 2.05) is 0 Å². The lowest BCUT2D eigenvalue weighted by Crippen LogP contribution is -2.45. The molecule has 1 aromatic heterocycles. The molecule has 0 bridgehead atoms. The van der Waals surface area contributed by atoms with E-state index < -0.39 is 58.7 Å². The van der Waals surface area contributed by atoms with Crippen molar-refractivity contribution in [3.8, 4) is 0 Å². The molecule has 6 rings (SSSR count). The number of hydrogen-bond acceptors (Lipinski definition) is 6. The molecule has 6 nitrogen and oxygen atoms in total. The average molecular weight is 732 g/mol. The quantitative estimate of drug-likeness (QED) is 0.167. The van der Waals surface area contributed by atoms with Gasteiger partial charge in [-0.2, -0.15) is 0 Å². The fourth-order valence-electron chi connectivity index (χ4n) is 8.08. The Bertz CT molecular complexity index is 1630. The fraction of sp³-hybridized carbons (Fsp3) is 0.667. The zero-order valence-electron chi connectivity index (χ0n) is 29.8. The monoisotopic (exact) mass is 731 g/mol. The molecule has 2 fully saturated rings. The van der Waals surface area contributed by atoms with Crippen LogP contribution in [0, 0.1) is 5.41 Å². The zero-order chi connectivity index (χ0) is 36.1. The summed E-state index contributed by atoms with van der Waals surface area (Å²) in [5.74, 6) is -0.473. The minimum absolute atomic E-state index is 0.0535. The Labute approximate surface area is 287 Å². The van der Waals surface area contributed by atoms with Crippen LogP contribution in [0.25, 0.3) is 0 Å². The average Bonchev–Trinajstić information content (AvgIpc) is 3.58. The molecule has 3 atom stereocenters. The van der Waals surface area contributed by atoms with Crippen molar-refractivity contribution in [2.75, 3.05) is 13.2 Å². The highest BCUT2D eigenvalue weighted by molar-refractivity contribution is 8.45. The summed E-state index contributed by atoms with van der Waals surface area (Å²) in [6, 6.07) is 3.19. The number of carbonyl (C=O) groups excluding carboxylic acids is 1. The van der Waals surface area contributed by atoms with E-state index in [-0.39, 0.29) is 11.0 Å². The number of halogens is 5. The van der Waals surface area contributed by atoms with Crippen LogP contribution < -0.4 is 0 Å². The second-order valence-electron chi connectivity index (χ2n) is 16.8. The maximum Gasteiger partial charge on any atom is 0.310 e. The summed E-state index contributed by atoms with van der Waals surface area (Å²) in [4.78, 5) is 16.1. The number of nitrogens with zero attached hydrogens (tertiary/aromatic N) is 1. The third kappa shape index (κ3) is 6.71. The maximum atomic E-state index is 13.8. The molecule has 1 saturated carbocycles. The van der Waals surface area contributed by atoms with Crippen LogP contribution in [0.5, 0.6) is 0 Å². The van der Waals surface area contributed by atoms with Gasteiger partial charge in [-0.1, -0.05) is 79.0 Å². The summed E-state index contributed by atoms with van der Waals surface area (Å²) in [6.07, 6.45) is 3.11. The lowest BCUT2D eigenvalue weighted by molar-refractivity contribution is -0.156. The van der Waals surface area contributed by atoms with Crippen LogP contribution in [-0.2, 0) is 29.0 Å². The Kier molecular flexibility index (Phi) is 8.41. The fourth-order valence-corrected chi connectivity index (χ4v) is 10.00. The molecule has 49 heavy (non-hydrogen) atoms. The number of benzene rings is 1. The maximum absolute atomic E-state index is 13.8. The molecule has 4 aliphatic rings. The van der Waals surface area contributed by atoms with Crippen LogP contribution in [-0.4, -0.2) is 32.5 Å². The smallest absolute Gasteiger partial charge is 0.310 e. The standard InChI is InChI=1S/C36H50F5NO5SSi/c1-22(43)45-33-31-27(26(21-35(33,5)6)47-49(7,8)34(2,3)4)29-28(30(42-31)23-15-19-44-20-16-23)32(46-36(29)17-9-10-18-36)24-11-13-25(14-12-24)48(37,38,39,40)41/h11-14,23,26,32-33H,9-10,15-21H2,1-8H3. The number of fused-ring (bicyclic) bond motifs is 4. The molecular weight excluding hydrogens is 682 g/mol. The zero-order valence-corrected chi connectivity index (χ0v) is 31.6. The minimum atomic E-state index is -9.88. The van der Waals surface area contributed by atoms with E-state index in [9.17, 15) is 24.2 Å². The number of ether oxygens (including phenoxy) is 3. The molecule has 1 spiro atoms. The molecule has 2 aromatic rings. The van der Waals surface area contributed by atoms with Gasteiger partial charge in [0.25, 0.3) is 0 Å². The molecule has 1 aromatic carbocycles. The third-order valence-corrected chi connectivity index (χ3v) is 17.2. The van der Waals surface area contributed by atoms with Crippen LogP contribution in [0.1, 0.15) is 144 Å². The second kappa shape index (κ2) is 11.2. The van der Waals surface area contributed by atoms with Gasteiger partial charge in [0.1, 0.15) is 17.1 Å². The lowest BCUT2D eigenvalue weighted by Gasteiger charge is -2.48. The summed E-state index contributed by atoms with van der Waals surface area (Å²) in [5.41, 5.74) is 3.03. The Morgan fingerprint density at radius 2 is 1.55 bits per heavy atom. The summed E-state index contributed by atoms with van der Waals surface area (Å²) >= 11 is 0. The number of hydrogen-bond donors (Lipinski definition) is 0. The number of aromatic nitrogens is 1. The molecule has 3 unspecified atom stereocenters. The highest BCUT2D eigenvalue weighted by Gasteiger charge is 2.65. The van der Waals surface area contributed by atoms with Gasteiger partial charge >= 0.3 is 16.2 Å². The Morgan fingerprint density at radius 1 is 0.959 bits per heavy atom. The van der Waals surface area contributed by atoms with Gasteiger partial charge in [-0.15, -0.1) is 0 Å². The molecule has 0 amide bonds. The molecule has 13 heteroatoms. The first-order valence-corrected chi connectivity index (χ1v) is 22.2. The molecule has 0 N–H and O–H groups in total. The van der Waals surface area contributed by atoms with E-state index >= 15 is 0 Å². The minimum Gasteiger partial charge on any atom is -0.455 e. The summed E-state index contributed by atoms with van der Waals surface area (Å²) in [6.45, 7) is 17.5. The van der Waals surface area contributed by atoms with Crippen molar-refractivity contribution in [2.45, 2.75) is 139 Å². The first-order chi connectivity index (χ1) is 22.3. The summed E-state index contributed by atoms with van der Waals surface area (Å²) in [5, 5.41) is -0.114. The predicted octanol–water partition coefficient (Wildman–Crippen LogP) is 11.6. The number of carbonyl (C=O) groups is 1. The van der Waals surface area contributed by atoms with Crippen molar-refractivity contribution in [3.63, 3.8) is 0 Å². The van der Waals surface area contributed by atoms with E-state index in [0.717, 1.165) is 47.4 Å². The second-order valence-corrected chi connectivity index (χ2v) is 23.9. The van der Waals surface area contributed by atoms with Gasteiger partial charge in [0, 0.05) is 42.6 Å². The van der Waals surface area contributed by atoms with Crippen LogP contribution in [0.2, 0.25) is 18.1 Å². The predicted molar refractivity (Wildman–Crippen MR) is 182 cm³/mol. The molecule has 2 aliphatic heterocycles. The van der Waals surface area contributed by atoms with E-state index in [0.29, 0.717) is 68.7 Å². The molecule has 2 aliphatic carbocycles. The Hall–Kier alpha value is -2.06. The van der Waals surface area contributed by atoms with Crippen LogP contribution in [0.3, 0.4) is 0 Å². The van der Waals surface area contributed by atoms with Crippen molar-refractivity contribution in [1.82, 2.24) is 4.98 Å². The highest BCUT2D eigenvalue weighted by atomic mass is 32.5. The first-order valence-electron chi connectivity index (χ1n) is 17.4.